The van der Waals surface area contributed by atoms with Crippen molar-refractivity contribution < 1.29 is 14.7 Å². The highest BCUT2D eigenvalue weighted by Crippen LogP contribution is 2.16. The zero-order valence-electron chi connectivity index (χ0n) is 11.6. The van der Waals surface area contributed by atoms with Gasteiger partial charge in [-0.15, -0.1) is 11.8 Å². The number of thioether (sulfide) groups is 1. The van der Waals surface area contributed by atoms with Crippen LogP contribution < -0.4 is 5.32 Å². The fourth-order valence-electron chi connectivity index (χ4n) is 1.74. The van der Waals surface area contributed by atoms with Crippen LogP contribution in [0.3, 0.4) is 0 Å². The number of benzene rings is 2. The maximum Gasteiger partial charge on any atom is 0.335 e. The van der Waals surface area contributed by atoms with E-state index in [-0.39, 0.29) is 11.5 Å². The third-order valence-corrected chi connectivity index (χ3v) is 4.09. The molecule has 0 saturated heterocycles. The Labute approximate surface area is 137 Å². The lowest BCUT2D eigenvalue weighted by Gasteiger charge is -2.05. The molecule has 2 rings (SSSR count). The van der Waals surface area contributed by atoms with Crippen molar-refractivity contribution in [2.45, 2.75) is 5.75 Å². The van der Waals surface area contributed by atoms with Gasteiger partial charge in [-0.3, -0.25) is 4.79 Å². The van der Waals surface area contributed by atoms with E-state index in [2.05, 4.69) is 5.32 Å². The van der Waals surface area contributed by atoms with Gasteiger partial charge in [0.05, 0.1) is 11.3 Å². The SMILES string of the molecule is O=C(CSCc1ccc(C(=O)O)cc1)Nc1ccc(Cl)cc1. The molecule has 2 aromatic carbocycles. The monoisotopic (exact) mass is 335 g/mol. The second-order valence-electron chi connectivity index (χ2n) is 4.55. The molecule has 0 heterocycles. The van der Waals surface area contributed by atoms with E-state index in [4.69, 9.17) is 16.7 Å². The van der Waals surface area contributed by atoms with E-state index in [1.54, 1.807) is 48.5 Å². The lowest BCUT2D eigenvalue weighted by atomic mass is 10.1. The van der Waals surface area contributed by atoms with Crippen molar-refractivity contribution in [1.82, 2.24) is 0 Å². The summed E-state index contributed by atoms with van der Waals surface area (Å²) in [6.45, 7) is 0. The van der Waals surface area contributed by atoms with Crippen LogP contribution in [0.4, 0.5) is 5.69 Å². The van der Waals surface area contributed by atoms with Gasteiger partial charge >= 0.3 is 5.97 Å². The highest BCUT2D eigenvalue weighted by molar-refractivity contribution is 7.99. The van der Waals surface area contributed by atoms with Gasteiger partial charge in [-0.05, 0) is 42.0 Å². The van der Waals surface area contributed by atoms with Crippen LogP contribution in [-0.2, 0) is 10.5 Å². The predicted octanol–water partition coefficient (Wildman–Crippen LogP) is 3.91. The number of anilines is 1. The van der Waals surface area contributed by atoms with E-state index in [1.165, 1.54) is 11.8 Å². The first kappa shape index (κ1) is 16.4. The molecule has 6 heteroatoms. The Balaban J connectivity index is 1.77. The molecule has 0 atom stereocenters. The lowest BCUT2D eigenvalue weighted by Crippen LogP contribution is -2.14. The summed E-state index contributed by atoms with van der Waals surface area (Å²) >= 11 is 7.24. The molecule has 0 spiro atoms. The molecule has 0 aliphatic carbocycles. The molecule has 2 aromatic rings. The second kappa shape index (κ2) is 7.87. The zero-order valence-corrected chi connectivity index (χ0v) is 13.2. The largest absolute Gasteiger partial charge is 0.478 e. The van der Waals surface area contributed by atoms with E-state index in [0.717, 1.165) is 5.56 Å². The van der Waals surface area contributed by atoms with Crippen LogP contribution in [0.25, 0.3) is 0 Å². The summed E-state index contributed by atoms with van der Waals surface area (Å²) in [6.07, 6.45) is 0. The first-order chi connectivity index (χ1) is 10.5. The number of halogens is 1. The number of carboxylic acid groups (broad SMARTS) is 1. The molecule has 1 amide bonds. The molecular formula is C16H14ClNO3S. The highest BCUT2D eigenvalue weighted by Gasteiger charge is 2.05. The molecule has 0 aromatic heterocycles. The van der Waals surface area contributed by atoms with Crippen LogP contribution in [0.2, 0.25) is 5.02 Å². The lowest BCUT2D eigenvalue weighted by molar-refractivity contribution is -0.113. The van der Waals surface area contributed by atoms with Crippen molar-refractivity contribution in [2.75, 3.05) is 11.1 Å². The second-order valence-corrected chi connectivity index (χ2v) is 5.97. The molecule has 0 saturated carbocycles. The molecule has 0 fully saturated rings. The number of amides is 1. The molecule has 0 radical (unpaired) electrons. The number of carbonyl (C=O) groups is 2. The summed E-state index contributed by atoms with van der Waals surface area (Å²) in [7, 11) is 0. The van der Waals surface area contributed by atoms with Crippen molar-refractivity contribution in [3.63, 3.8) is 0 Å². The summed E-state index contributed by atoms with van der Waals surface area (Å²) in [4.78, 5) is 22.5. The maximum atomic E-state index is 11.8. The minimum absolute atomic E-state index is 0.0884. The van der Waals surface area contributed by atoms with E-state index in [1.807, 2.05) is 0 Å². The Bertz CT molecular complexity index is 656. The predicted molar refractivity (Wildman–Crippen MR) is 89.6 cm³/mol. The molecule has 0 aliphatic heterocycles. The van der Waals surface area contributed by atoms with Gasteiger partial charge in [0, 0.05) is 16.5 Å². The van der Waals surface area contributed by atoms with E-state index < -0.39 is 5.97 Å². The normalized spacial score (nSPS) is 10.2. The van der Waals surface area contributed by atoms with Crippen LogP contribution in [0, 0.1) is 0 Å². The quantitative estimate of drug-likeness (QED) is 0.840. The Morgan fingerprint density at radius 1 is 1.05 bits per heavy atom. The summed E-state index contributed by atoms with van der Waals surface area (Å²) < 4.78 is 0. The summed E-state index contributed by atoms with van der Waals surface area (Å²) in [6, 6.07) is 13.6. The highest BCUT2D eigenvalue weighted by atomic mass is 35.5. The Morgan fingerprint density at radius 2 is 1.68 bits per heavy atom. The van der Waals surface area contributed by atoms with E-state index >= 15 is 0 Å². The first-order valence-corrected chi connectivity index (χ1v) is 8.03. The number of rotatable bonds is 6. The number of nitrogens with one attached hydrogen (secondary N) is 1. The number of carboxylic acids is 1. The van der Waals surface area contributed by atoms with Crippen molar-refractivity contribution in [2.24, 2.45) is 0 Å². The smallest absolute Gasteiger partial charge is 0.335 e. The maximum absolute atomic E-state index is 11.8. The summed E-state index contributed by atoms with van der Waals surface area (Å²) in [5.41, 5.74) is 1.95. The zero-order chi connectivity index (χ0) is 15.9. The van der Waals surface area contributed by atoms with Gasteiger partial charge in [-0.2, -0.15) is 0 Å². The summed E-state index contributed by atoms with van der Waals surface area (Å²) in [5.74, 6) is -0.0620. The third-order valence-electron chi connectivity index (χ3n) is 2.83. The number of hydrogen-bond donors (Lipinski definition) is 2. The van der Waals surface area contributed by atoms with E-state index in [0.29, 0.717) is 22.2 Å². The van der Waals surface area contributed by atoms with Gasteiger partial charge in [0.15, 0.2) is 0 Å². The van der Waals surface area contributed by atoms with Crippen LogP contribution >= 0.6 is 23.4 Å². The van der Waals surface area contributed by atoms with Gasteiger partial charge in [0.2, 0.25) is 5.91 Å². The molecule has 0 unspecified atom stereocenters. The average molecular weight is 336 g/mol. The van der Waals surface area contributed by atoms with Crippen LogP contribution in [0.1, 0.15) is 15.9 Å². The van der Waals surface area contributed by atoms with Crippen LogP contribution in [0.15, 0.2) is 48.5 Å². The number of aromatic carboxylic acids is 1. The minimum Gasteiger partial charge on any atom is -0.478 e. The van der Waals surface area contributed by atoms with Crippen LogP contribution in [0.5, 0.6) is 0 Å². The number of carbonyl (C=O) groups excluding carboxylic acids is 1. The topological polar surface area (TPSA) is 66.4 Å². The van der Waals surface area contributed by atoms with Crippen molar-refractivity contribution in [3.8, 4) is 0 Å². The Morgan fingerprint density at radius 3 is 2.27 bits per heavy atom. The molecule has 114 valence electrons. The van der Waals surface area contributed by atoms with Crippen molar-refractivity contribution >= 4 is 40.9 Å². The minimum atomic E-state index is -0.943. The van der Waals surface area contributed by atoms with Gasteiger partial charge in [-0.1, -0.05) is 23.7 Å². The summed E-state index contributed by atoms with van der Waals surface area (Å²) in [5, 5.41) is 12.2. The number of hydrogen-bond acceptors (Lipinski definition) is 3. The third kappa shape index (κ3) is 5.09. The molecular weight excluding hydrogens is 322 g/mol. The molecule has 4 nitrogen and oxygen atoms in total. The fourth-order valence-corrected chi connectivity index (χ4v) is 2.65. The van der Waals surface area contributed by atoms with Crippen molar-refractivity contribution in [1.29, 1.82) is 0 Å². The fraction of sp³-hybridized carbons (Fsp3) is 0.125. The molecule has 0 bridgehead atoms. The van der Waals surface area contributed by atoms with Crippen LogP contribution in [-0.4, -0.2) is 22.7 Å². The standard InChI is InChI=1S/C16H14ClNO3S/c17-13-5-7-14(8-6-13)18-15(19)10-22-9-11-1-3-12(4-2-11)16(20)21/h1-8H,9-10H2,(H,18,19)(H,20,21). The Hall–Kier alpha value is -1.98. The first-order valence-electron chi connectivity index (χ1n) is 6.50. The molecule has 2 N–H and O–H groups in total. The van der Waals surface area contributed by atoms with Gasteiger partial charge in [0.25, 0.3) is 0 Å². The van der Waals surface area contributed by atoms with Gasteiger partial charge in [0.1, 0.15) is 0 Å². The molecule has 0 aliphatic rings. The van der Waals surface area contributed by atoms with E-state index in [9.17, 15) is 9.59 Å². The average Bonchev–Trinajstić information content (AvgIpc) is 2.50. The van der Waals surface area contributed by atoms with Gasteiger partial charge in [-0.25, -0.2) is 4.79 Å². The van der Waals surface area contributed by atoms with Crippen molar-refractivity contribution in [3.05, 3.63) is 64.7 Å². The Kier molecular flexibility index (Phi) is 5.86. The van der Waals surface area contributed by atoms with Gasteiger partial charge < -0.3 is 10.4 Å². The molecule has 22 heavy (non-hydrogen) atoms.